The monoisotopic (exact) mass is 684 g/mol. The van der Waals surface area contributed by atoms with Crippen molar-refractivity contribution in [2.24, 2.45) is 5.92 Å². The smallest absolute Gasteiger partial charge is 0.416 e. The summed E-state index contributed by atoms with van der Waals surface area (Å²) in [5.74, 6) is -0.163. The van der Waals surface area contributed by atoms with Crippen molar-refractivity contribution < 1.29 is 37.3 Å². The van der Waals surface area contributed by atoms with Gasteiger partial charge in [-0.2, -0.15) is 13.2 Å². The molecule has 3 aromatic carbocycles. The van der Waals surface area contributed by atoms with E-state index in [-0.39, 0.29) is 42.7 Å². The molecule has 3 aromatic rings. The van der Waals surface area contributed by atoms with Crippen molar-refractivity contribution in [2.45, 2.75) is 71.0 Å². The van der Waals surface area contributed by atoms with Crippen LogP contribution in [0.4, 0.5) is 29.3 Å². The van der Waals surface area contributed by atoms with E-state index >= 15 is 0 Å². The Morgan fingerprint density at radius 2 is 1.71 bits per heavy atom. The summed E-state index contributed by atoms with van der Waals surface area (Å²) in [6.45, 7) is 7.04. The van der Waals surface area contributed by atoms with Crippen molar-refractivity contribution in [2.75, 3.05) is 44.0 Å². The van der Waals surface area contributed by atoms with Crippen LogP contribution in [-0.4, -0.2) is 78.4 Å². The van der Waals surface area contributed by atoms with Crippen molar-refractivity contribution >= 4 is 23.3 Å². The van der Waals surface area contributed by atoms with E-state index in [4.69, 9.17) is 9.47 Å². The number of anilines is 2. The lowest BCUT2D eigenvalue weighted by Gasteiger charge is -2.36. The fourth-order valence-corrected chi connectivity index (χ4v) is 5.76. The number of urea groups is 1. The number of nitrogens with one attached hydrogen (secondary N) is 2. The van der Waals surface area contributed by atoms with Crippen LogP contribution in [0, 0.1) is 5.92 Å². The number of fused-ring (bicyclic) bond motifs is 1. The Kier molecular flexibility index (Phi) is 13.5. The summed E-state index contributed by atoms with van der Waals surface area (Å²) in [6.07, 6.45) is -2.56. The van der Waals surface area contributed by atoms with Crippen LogP contribution in [0.2, 0.25) is 0 Å². The number of halogens is 3. The SMILES string of the molecule is C[C@@H]1CCCCO[C@H](CN(C)Cc2ccc(C(F)(F)F)cc2)[C@@H](C)CN([C@@H](C)CO)C(=O)c2cc(NC(=O)Nc3ccccc3)ccc2O1. The Morgan fingerprint density at radius 1 is 1.02 bits per heavy atom. The lowest BCUT2D eigenvalue weighted by atomic mass is 10.0. The summed E-state index contributed by atoms with van der Waals surface area (Å²) in [4.78, 5) is 30.7. The minimum Gasteiger partial charge on any atom is -0.490 e. The number of carbonyl (C=O) groups is 2. The number of amides is 3. The fourth-order valence-electron chi connectivity index (χ4n) is 5.76. The van der Waals surface area contributed by atoms with Crippen LogP contribution in [0.1, 0.15) is 61.5 Å². The van der Waals surface area contributed by atoms with Gasteiger partial charge in [0.15, 0.2) is 0 Å². The van der Waals surface area contributed by atoms with Gasteiger partial charge in [-0.25, -0.2) is 4.79 Å². The Labute approximate surface area is 286 Å². The number of nitrogens with zero attached hydrogens (tertiary/aromatic N) is 2. The summed E-state index contributed by atoms with van der Waals surface area (Å²) in [5, 5.41) is 15.8. The minimum absolute atomic E-state index is 0.183. The Balaban J connectivity index is 1.56. The van der Waals surface area contributed by atoms with Gasteiger partial charge in [0, 0.05) is 43.5 Å². The molecule has 4 atom stereocenters. The van der Waals surface area contributed by atoms with E-state index in [0.717, 1.165) is 37.0 Å². The average molecular weight is 685 g/mol. The Hall–Kier alpha value is -4.13. The molecule has 12 heteroatoms. The Morgan fingerprint density at radius 3 is 2.39 bits per heavy atom. The highest BCUT2D eigenvalue weighted by molar-refractivity contribution is 6.02. The molecule has 0 saturated carbocycles. The highest BCUT2D eigenvalue weighted by atomic mass is 19.4. The number of hydrogen-bond donors (Lipinski definition) is 3. The first-order chi connectivity index (χ1) is 23.3. The van der Waals surface area contributed by atoms with Crippen LogP contribution in [0.25, 0.3) is 0 Å². The van der Waals surface area contributed by atoms with Crippen molar-refractivity contribution in [3.8, 4) is 5.75 Å². The molecule has 1 heterocycles. The van der Waals surface area contributed by atoms with Crippen LogP contribution < -0.4 is 15.4 Å². The third-order valence-corrected chi connectivity index (χ3v) is 8.57. The van der Waals surface area contributed by atoms with Gasteiger partial charge in [0.05, 0.1) is 36.0 Å². The molecule has 4 rings (SSSR count). The zero-order chi connectivity index (χ0) is 35.6. The number of carbonyl (C=O) groups excluding carboxylic acids is 2. The average Bonchev–Trinajstić information content (AvgIpc) is 3.06. The number of ether oxygens (including phenoxy) is 2. The first-order valence-electron chi connectivity index (χ1n) is 16.7. The molecule has 49 heavy (non-hydrogen) atoms. The van der Waals surface area contributed by atoms with Crippen molar-refractivity contribution in [3.63, 3.8) is 0 Å². The number of para-hydroxylation sites is 1. The molecule has 1 aliphatic rings. The van der Waals surface area contributed by atoms with E-state index in [2.05, 4.69) is 10.6 Å². The summed E-state index contributed by atoms with van der Waals surface area (Å²) in [5.41, 5.74) is 1.32. The van der Waals surface area contributed by atoms with Crippen LogP contribution in [0.3, 0.4) is 0 Å². The lowest BCUT2D eigenvalue weighted by Crippen LogP contribution is -2.47. The maximum atomic E-state index is 14.3. The topological polar surface area (TPSA) is 103 Å². The van der Waals surface area contributed by atoms with Crippen LogP contribution in [0.15, 0.2) is 72.8 Å². The summed E-state index contributed by atoms with van der Waals surface area (Å²) >= 11 is 0. The predicted octanol–water partition coefficient (Wildman–Crippen LogP) is 7.28. The third-order valence-electron chi connectivity index (χ3n) is 8.57. The molecule has 0 aliphatic carbocycles. The van der Waals surface area contributed by atoms with E-state index in [1.807, 2.05) is 44.0 Å². The maximum Gasteiger partial charge on any atom is 0.416 e. The standard InChI is InChI=1S/C37H47F3N4O5/c1-25-21-44(26(2)24-45)35(46)32-20-31(42-36(47)41-30-11-6-5-7-12-30)17-18-33(32)49-27(3)10-8-9-19-48-34(25)23-43(4)22-28-13-15-29(16-14-28)37(38,39)40/h5-7,11-18,20,25-27,34,45H,8-10,19,21-24H2,1-4H3,(H2,41,42,47)/t25-,26-,27+,34+/m0/s1. The molecule has 0 radical (unpaired) electrons. The molecule has 266 valence electrons. The lowest BCUT2D eigenvalue weighted by molar-refractivity contribution is -0.137. The van der Waals surface area contributed by atoms with Gasteiger partial charge in [0.25, 0.3) is 5.91 Å². The van der Waals surface area contributed by atoms with Gasteiger partial charge < -0.3 is 30.1 Å². The molecule has 0 unspecified atom stereocenters. The number of rotatable bonds is 8. The summed E-state index contributed by atoms with van der Waals surface area (Å²) in [7, 11) is 1.89. The van der Waals surface area contributed by atoms with Crippen LogP contribution in [0.5, 0.6) is 5.75 Å². The van der Waals surface area contributed by atoms with E-state index in [1.54, 1.807) is 42.2 Å². The second-order valence-electron chi connectivity index (χ2n) is 12.8. The molecule has 0 bridgehead atoms. The normalized spacial score (nSPS) is 20.1. The highest BCUT2D eigenvalue weighted by Crippen LogP contribution is 2.30. The second kappa shape index (κ2) is 17.5. The van der Waals surface area contributed by atoms with Crippen LogP contribution in [-0.2, 0) is 17.5 Å². The molecular formula is C37H47F3N4O5. The van der Waals surface area contributed by atoms with Crippen molar-refractivity contribution in [1.82, 2.24) is 9.80 Å². The van der Waals surface area contributed by atoms with E-state index < -0.39 is 23.8 Å². The second-order valence-corrected chi connectivity index (χ2v) is 12.8. The van der Waals surface area contributed by atoms with Gasteiger partial charge in [0.1, 0.15) is 5.75 Å². The van der Waals surface area contributed by atoms with E-state index in [0.29, 0.717) is 36.8 Å². The number of hydrogen-bond acceptors (Lipinski definition) is 6. The maximum absolute atomic E-state index is 14.3. The molecular weight excluding hydrogens is 637 g/mol. The van der Waals surface area contributed by atoms with Gasteiger partial charge in [-0.05, 0) is 88.2 Å². The number of likely N-dealkylation sites (N-methyl/N-ethyl adjacent to an activating group) is 1. The number of aliphatic hydroxyl groups is 1. The molecule has 0 spiro atoms. The number of alkyl halides is 3. The quantitative estimate of drug-likeness (QED) is 0.231. The third kappa shape index (κ3) is 11.2. The minimum atomic E-state index is -4.40. The Bertz CT molecular complexity index is 1510. The fraction of sp³-hybridized carbons (Fsp3) is 0.459. The predicted molar refractivity (Wildman–Crippen MR) is 184 cm³/mol. The summed E-state index contributed by atoms with van der Waals surface area (Å²) in [6, 6.07) is 18.1. The molecule has 0 saturated heterocycles. The zero-order valence-electron chi connectivity index (χ0n) is 28.5. The molecule has 1 aliphatic heterocycles. The van der Waals surface area contributed by atoms with Crippen molar-refractivity contribution in [3.05, 3.63) is 89.5 Å². The van der Waals surface area contributed by atoms with Crippen molar-refractivity contribution in [1.29, 1.82) is 0 Å². The summed E-state index contributed by atoms with van der Waals surface area (Å²) < 4.78 is 51.8. The zero-order valence-corrected chi connectivity index (χ0v) is 28.5. The largest absolute Gasteiger partial charge is 0.490 e. The van der Waals surface area contributed by atoms with Gasteiger partial charge in [-0.15, -0.1) is 0 Å². The molecule has 3 N–H and O–H groups in total. The first-order valence-corrected chi connectivity index (χ1v) is 16.7. The van der Waals surface area contributed by atoms with E-state index in [9.17, 15) is 27.9 Å². The molecule has 0 aromatic heterocycles. The van der Waals surface area contributed by atoms with Gasteiger partial charge >= 0.3 is 12.2 Å². The first kappa shape index (κ1) is 37.7. The van der Waals surface area contributed by atoms with Crippen LogP contribution >= 0.6 is 0 Å². The van der Waals surface area contributed by atoms with Gasteiger partial charge in [-0.1, -0.05) is 37.3 Å². The van der Waals surface area contributed by atoms with Gasteiger partial charge in [0.2, 0.25) is 0 Å². The van der Waals surface area contributed by atoms with E-state index in [1.165, 1.54) is 12.1 Å². The van der Waals surface area contributed by atoms with Gasteiger partial charge in [-0.3, -0.25) is 9.69 Å². The molecule has 9 nitrogen and oxygen atoms in total. The number of aliphatic hydroxyl groups excluding tert-OH is 1. The molecule has 3 amide bonds. The highest BCUT2D eigenvalue weighted by Gasteiger charge is 2.32. The molecule has 0 fully saturated rings. The number of benzene rings is 3.